The van der Waals surface area contributed by atoms with Crippen LogP contribution in [0.1, 0.15) is 59.8 Å². The van der Waals surface area contributed by atoms with Crippen molar-refractivity contribution in [2.75, 3.05) is 13.1 Å². The van der Waals surface area contributed by atoms with Crippen LogP contribution in [0, 0.1) is 11.8 Å². The number of fused-ring (bicyclic) bond motifs is 1. The maximum absolute atomic E-state index is 13.1. The minimum atomic E-state index is -0.558. The predicted octanol–water partition coefficient (Wildman–Crippen LogP) is 2.43. The van der Waals surface area contributed by atoms with E-state index in [1.807, 2.05) is 44.7 Å². The lowest BCUT2D eigenvalue weighted by Crippen LogP contribution is -2.46. The quantitative estimate of drug-likeness (QED) is 0.603. The number of hydrogen-bond donors (Lipinski definition) is 1. The van der Waals surface area contributed by atoms with Gasteiger partial charge in [-0.15, -0.1) is 0 Å². The molecule has 1 saturated heterocycles. The predicted molar refractivity (Wildman–Crippen MR) is 99.2 cm³/mol. The third kappa shape index (κ3) is 5.85. The van der Waals surface area contributed by atoms with Gasteiger partial charge in [-0.1, -0.05) is 19.1 Å². The molecule has 0 aromatic carbocycles. The first-order chi connectivity index (χ1) is 12.2. The summed E-state index contributed by atoms with van der Waals surface area (Å²) in [5.74, 6) is -0.827. The smallest absolute Gasteiger partial charge is 0.307 e. The van der Waals surface area contributed by atoms with Crippen molar-refractivity contribution in [2.24, 2.45) is 11.8 Å². The number of nitrogens with zero attached hydrogens (tertiary/aromatic N) is 1. The van der Waals surface area contributed by atoms with Gasteiger partial charge < -0.3 is 15.0 Å². The van der Waals surface area contributed by atoms with Crippen LogP contribution in [0.25, 0.3) is 0 Å². The average molecular weight is 364 g/mol. The molecular weight excluding hydrogens is 332 g/mol. The van der Waals surface area contributed by atoms with Crippen LogP contribution in [0.5, 0.6) is 0 Å². The molecule has 2 amide bonds. The number of esters is 1. The van der Waals surface area contributed by atoms with Crippen LogP contribution in [0.2, 0.25) is 0 Å². The molecule has 0 aromatic rings. The maximum Gasteiger partial charge on any atom is 0.307 e. The molecule has 1 fully saturated rings. The second-order valence-electron chi connectivity index (χ2n) is 8.40. The molecule has 2 heterocycles. The van der Waals surface area contributed by atoms with E-state index in [1.165, 1.54) is 0 Å². The molecule has 0 radical (unpaired) electrons. The number of ether oxygens (including phenoxy) is 1. The number of hydrogen-bond acceptors (Lipinski definition) is 4. The Labute approximate surface area is 156 Å². The monoisotopic (exact) mass is 364 g/mol. The zero-order valence-corrected chi connectivity index (χ0v) is 16.4. The molecule has 0 saturated carbocycles. The van der Waals surface area contributed by atoms with E-state index in [9.17, 15) is 14.4 Å². The normalized spacial score (nSPS) is 29.2. The highest BCUT2D eigenvalue weighted by molar-refractivity contribution is 5.85. The van der Waals surface area contributed by atoms with Gasteiger partial charge in [0, 0.05) is 25.0 Å². The standard InChI is InChI=1S/C20H32N2O4/c1-14-8-5-6-9-15(12-17(23)26-20(2,3)4)19(25)22-11-7-10-16(22)13-21-18(14)24/h5-6,14-16H,7-13H2,1-4H3,(H,21,24)/b6-5+/t14-,15-,16-/m0/s1. The van der Waals surface area contributed by atoms with Crippen molar-refractivity contribution in [1.29, 1.82) is 0 Å². The van der Waals surface area contributed by atoms with Gasteiger partial charge in [-0.05, 0) is 46.5 Å². The fraction of sp³-hybridized carbons (Fsp3) is 0.750. The Morgan fingerprint density at radius 2 is 1.96 bits per heavy atom. The summed E-state index contributed by atoms with van der Waals surface area (Å²) in [4.78, 5) is 39.3. The summed E-state index contributed by atoms with van der Waals surface area (Å²) in [7, 11) is 0. The van der Waals surface area contributed by atoms with Gasteiger partial charge in [0.25, 0.3) is 0 Å². The van der Waals surface area contributed by atoms with Crippen LogP contribution < -0.4 is 5.32 Å². The highest BCUT2D eigenvalue weighted by atomic mass is 16.6. The van der Waals surface area contributed by atoms with Gasteiger partial charge in [0.05, 0.1) is 12.3 Å². The van der Waals surface area contributed by atoms with Crippen LogP contribution in [0.15, 0.2) is 12.2 Å². The Kier molecular flexibility index (Phi) is 6.84. The van der Waals surface area contributed by atoms with E-state index in [0.717, 1.165) is 12.8 Å². The Morgan fingerprint density at radius 3 is 2.65 bits per heavy atom. The van der Waals surface area contributed by atoms with Crippen molar-refractivity contribution in [3.05, 3.63) is 12.2 Å². The van der Waals surface area contributed by atoms with Crippen LogP contribution in [-0.4, -0.2) is 47.4 Å². The van der Waals surface area contributed by atoms with Crippen molar-refractivity contribution in [2.45, 2.75) is 71.4 Å². The fourth-order valence-electron chi connectivity index (χ4n) is 3.49. The summed E-state index contributed by atoms with van der Waals surface area (Å²) in [5, 5.41) is 2.97. The lowest BCUT2D eigenvalue weighted by molar-refractivity contribution is -0.158. The van der Waals surface area contributed by atoms with E-state index in [0.29, 0.717) is 25.9 Å². The Hall–Kier alpha value is -1.85. The highest BCUT2D eigenvalue weighted by Gasteiger charge is 2.35. The maximum atomic E-state index is 13.1. The lowest BCUT2D eigenvalue weighted by atomic mass is 9.97. The summed E-state index contributed by atoms with van der Waals surface area (Å²) in [6.45, 7) is 8.55. The molecule has 1 N–H and O–H groups in total. The SMILES string of the molecule is C[C@H]1C/C=C/C[C@@H](CC(=O)OC(C)(C)C)C(=O)N2CCC[C@H]2CNC1=O. The van der Waals surface area contributed by atoms with Crippen LogP contribution in [-0.2, 0) is 19.1 Å². The van der Waals surface area contributed by atoms with Gasteiger partial charge in [-0.2, -0.15) is 0 Å². The highest BCUT2D eigenvalue weighted by Crippen LogP contribution is 2.24. The summed E-state index contributed by atoms with van der Waals surface area (Å²) in [6, 6.07) is 0.0168. The number of amides is 2. The molecule has 0 aromatic heterocycles. The van der Waals surface area contributed by atoms with Gasteiger partial charge >= 0.3 is 5.97 Å². The number of nitrogens with one attached hydrogen (secondary N) is 1. The first-order valence-electron chi connectivity index (χ1n) is 9.62. The van der Waals surface area contributed by atoms with Gasteiger partial charge in [0.1, 0.15) is 5.60 Å². The molecule has 2 rings (SSSR count). The topological polar surface area (TPSA) is 75.7 Å². The van der Waals surface area contributed by atoms with Crippen molar-refractivity contribution in [3.8, 4) is 0 Å². The molecule has 2 aliphatic heterocycles. The fourth-order valence-corrected chi connectivity index (χ4v) is 3.49. The molecule has 3 atom stereocenters. The largest absolute Gasteiger partial charge is 0.460 e. The number of carbonyl (C=O) groups excluding carboxylic acids is 3. The van der Waals surface area contributed by atoms with E-state index < -0.39 is 11.5 Å². The Bertz CT molecular complexity index is 565. The van der Waals surface area contributed by atoms with Crippen molar-refractivity contribution >= 4 is 17.8 Å². The van der Waals surface area contributed by atoms with E-state index >= 15 is 0 Å². The summed E-state index contributed by atoms with van der Waals surface area (Å²) in [6.07, 6.45) is 6.88. The third-order valence-electron chi connectivity index (χ3n) is 4.88. The van der Waals surface area contributed by atoms with E-state index in [2.05, 4.69) is 5.32 Å². The Morgan fingerprint density at radius 1 is 1.27 bits per heavy atom. The molecule has 0 unspecified atom stereocenters. The van der Waals surface area contributed by atoms with Crippen LogP contribution >= 0.6 is 0 Å². The Balaban J connectivity index is 2.15. The van der Waals surface area contributed by atoms with E-state index in [-0.39, 0.29) is 36.2 Å². The first kappa shape index (κ1) is 20.5. The van der Waals surface area contributed by atoms with Gasteiger partial charge in [0.15, 0.2) is 0 Å². The van der Waals surface area contributed by atoms with Gasteiger partial charge in [0.2, 0.25) is 11.8 Å². The molecule has 6 heteroatoms. The second kappa shape index (κ2) is 8.69. The molecule has 2 aliphatic rings. The van der Waals surface area contributed by atoms with E-state index in [4.69, 9.17) is 4.74 Å². The zero-order chi connectivity index (χ0) is 19.3. The molecule has 146 valence electrons. The number of rotatable bonds is 2. The van der Waals surface area contributed by atoms with Gasteiger partial charge in [-0.3, -0.25) is 14.4 Å². The van der Waals surface area contributed by atoms with E-state index in [1.54, 1.807) is 0 Å². The van der Waals surface area contributed by atoms with Crippen molar-refractivity contribution in [3.63, 3.8) is 0 Å². The first-order valence-corrected chi connectivity index (χ1v) is 9.62. The molecule has 0 bridgehead atoms. The molecule has 26 heavy (non-hydrogen) atoms. The van der Waals surface area contributed by atoms with Gasteiger partial charge in [-0.25, -0.2) is 0 Å². The summed E-state index contributed by atoms with van der Waals surface area (Å²) < 4.78 is 5.41. The molecular formula is C20H32N2O4. The summed E-state index contributed by atoms with van der Waals surface area (Å²) >= 11 is 0. The van der Waals surface area contributed by atoms with Crippen molar-refractivity contribution in [1.82, 2.24) is 10.2 Å². The number of carbonyl (C=O) groups is 3. The average Bonchev–Trinajstić information content (AvgIpc) is 3.00. The van der Waals surface area contributed by atoms with Crippen molar-refractivity contribution < 1.29 is 19.1 Å². The third-order valence-corrected chi connectivity index (χ3v) is 4.88. The summed E-state index contributed by atoms with van der Waals surface area (Å²) in [5.41, 5.74) is -0.558. The molecule has 0 aliphatic carbocycles. The molecule has 0 spiro atoms. The second-order valence-corrected chi connectivity index (χ2v) is 8.40. The zero-order valence-electron chi connectivity index (χ0n) is 16.4. The number of allylic oxidation sites excluding steroid dienone is 2. The van der Waals surface area contributed by atoms with Crippen LogP contribution in [0.3, 0.4) is 0 Å². The minimum absolute atomic E-state index is 0.00844. The van der Waals surface area contributed by atoms with Crippen LogP contribution in [0.4, 0.5) is 0 Å². The molecule has 6 nitrogen and oxygen atoms in total. The minimum Gasteiger partial charge on any atom is -0.460 e. The lowest BCUT2D eigenvalue weighted by Gasteiger charge is -2.30.